The van der Waals surface area contributed by atoms with Crippen LogP contribution in [-0.2, 0) is 0 Å². The fraction of sp³-hybridized carbons (Fsp3) is 0. The molecule has 0 fully saturated rings. The molecular formula is C19H12O2SSe. The second-order valence-electron chi connectivity index (χ2n) is 5.01. The normalized spacial score (nSPS) is 11.0. The molecule has 0 saturated carbocycles. The molecule has 2 aromatic heterocycles. The van der Waals surface area contributed by atoms with Crippen LogP contribution in [0.15, 0.2) is 80.6 Å². The molecule has 4 heteroatoms. The van der Waals surface area contributed by atoms with Crippen LogP contribution in [0, 0.1) is 0 Å². The number of rotatable bonds is 3. The molecule has 0 unspecified atom stereocenters. The molecule has 0 aliphatic rings. The van der Waals surface area contributed by atoms with Crippen LogP contribution < -0.4 is 14.4 Å². The number of fused-ring (bicyclic) bond motifs is 1. The first-order valence-electron chi connectivity index (χ1n) is 7.14. The van der Waals surface area contributed by atoms with Crippen LogP contribution in [0.2, 0.25) is 0 Å². The van der Waals surface area contributed by atoms with Crippen LogP contribution in [0.3, 0.4) is 0 Å². The zero-order valence-electron chi connectivity index (χ0n) is 12.1. The Bertz CT molecular complexity index is 1000. The van der Waals surface area contributed by atoms with Gasteiger partial charge in [0.1, 0.15) is 0 Å². The van der Waals surface area contributed by atoms with Crippen molar-refractivity contribution in [2.75, 3.05) is 0 Å². The van der Waals surface area contributed by atoms with Gasteiger partial charge in [-0.05, 0) is 0 Å². The van der Waals surface area contributed by atoms with E-state index in [-0.39, 0.29) is 20.4 Å². The van der Waals surface area contributed by atoms with E-state index in [1.165, 1.54) is 4.46 Å². The second kappa shape index (κ2) is 6.17. The molecule has 2 heterocycles. The monoisotopic (exact) mass is 384 g/mol. The van der Waals surface area contributed by atoms with Gasteiger partial charge in [0.25, 0.3) is 0 Å². The zero-order chi connectivity index (χ0) is 15.6. The van der Waals surface area contributed by atoms with Crippen molar-refractivity contribution in [1.29, 1.82) is 0 Å². The van der Waals surface area contributed by atoms with Crippen molar-refractivity contribution in [3.63, 3.8) is 0 Å². The van der Waals surface area contributed by atoms with Gasteiger partial charge in [0.15, 0.2) is 0 Å². The Morgan fingerprint density at radius 2 is 1.70 bits per heavy atom. The van der Waals surface area contributed by atoms with E-state index < -0.39 is 0 Å². The zero-order valence-corrected chi connectivity index (χ0v) is 14.6. The van der Waals surface area contributed by atoms with Gasteiger partial charge in [-0.2, -0.15) is 0 Å². The molecule has 2 aromatic carbocycles. The van der Waals surface area contributed by atoms with Crippen molar-refractivity contribution in [3.8, 4) is 11.3 Å². The maximum absolute atomic E-state index is 13.0. The molecule has 0 aliphatic carbocycles. The molecular weight excluding hydrogens is 371 g/mol. The van der Waals surface area contributed by atoms with Crippen molar-refractivity contribution >= 4 is 46.2 Å². The third kappa shape index (κ3) is 2.77. The van der Waals surface area contributed by atoms with E-state index in [0.29, 0.717) is 16.7 Å². The van der Waals surface area contributed by atoms with Gasteiger partial charge in [-0.15, -0.1) is 0 Å². The minimum atomic E-state index is -0.0941. The fourth-order valence-corrected chi connectivity index (χ4v) is 5.11. The average molecular weight is 383 g/mol. The van der Waals surface area contributed by atoms with Gasteiger partial charge in [-0.25, -0.2) is 0 Å². The van der Waals surface area contributed by atoms with Gasteiger partial charge in [-0.1, -0.05) is 0 Å². The van der Waals surface area contributed by atoms with E-state index in [4.69, 9.17) is 4.42 Å². The van der Waals surface area contributed by atoms with Crippen LogP contribution in [0.5, 0.6) is 0 Å². The summed E-state index contributed by atoms with van der Waals surface area (Å²) >= 11 is 1.51. The SMILES string of the molecule is O=c1c([Se]c2ccccc2)c(-c2ccsc2)oc2ccccc12. The van der Waals surface area contributed by atoms with Crippen LogP contribution >= 0.6 is 11.3 Å². The average Bonchev–Trinajstić information content (AvgIpc) is 3.13. The molecule has 112 valence electrons. The summed E-state index contributed by atoms with van der Waals surface area (Å²) in [4.78, 5) is 13.0. The molecule has 23 heavy (non-hydrogen) atoms. The first kappa shape index (κ1) is 14.5. The van der Waals surface area contributed by atoms with E-state index in [2.05, 4.69) is 12.1 Å². The summed E-state index contributed by atoms with van der Waals surface area (Å²) < 4.78 is 8.06. The molecule has 4 aromatic rings. The van der Waals surface area contributed by atoms with Gasteiger partial charge in [0.2, 0.25) is 0 Å². The number of hydrogen-bond acceptors (Lipinski definition) is 3. The summed E-state index contributed by atoms with van der Waals surface area (Å²) in [5.74, 6) is 0.707. The first-order chi connectivity index (χ1) is 11.3. The van der Waals surface area contributed by atoms with Crippen molar-refractivity contribution in [3.05, 3.63) is 81.6 Å². The van der Waals surface area contributed by atoms with Gasteiger partial charge in [0.05, 0.1) is 0 Å². The van der Waals surface area contributed by atoms with Crippen LogP contribution in [0.4, 0.5) is 0 Å². The Morgan fingerprint density at radius 1 is 0.913 bits per heavy atom. The quantitative estimate of drug-likeness (QED) is 0.509. The Kier molecular flexibility index (Phi) is 3.88. The third-order valence-electron chi connectivity index (χ3n) is 3.50. The number of para-hydroxylation sites is 1. The van der Waals surface area contributed by atoms with Crippen molar-refractivity contribution in [2.45, 2.75) is 0 Å². The van der Waals surface area contributed by atoms with Crippen molar-refractivity contribution in [2.24, 2.45) is 0 Å². The third-order valence-corrected chi connectivity index (χ3v) is 6.46. The number of hydrogen-bond donors (Lipinski definition) is 0. The van der Waals surface area contributed by atoms with Crippen molar-refractivity contribution in [1.82, 2.24) is 0 Å². The number of benzene rings is 2. The molecule has 2 nitrogen and oxygen atoms in total. The summed E-state index contributed by atoms with van der Waals surface area (Å²) in [6.07, 6.45) is 0. The minimum absolute atomic E-state index is 0.0805. The van der Waals surface area contributed by atoms with Gasteiger partial charge in [-0.3, -0.25) is 0 Å². The van der Waals surface area contributed by atoms with E-state index in [1.807, 2.05) is 59.3 Å². The molecule has 4 rings (SSSR count). The molecule has 0 spiro atoms. The molecule has 0 saturated heterocycles. The van der Waals surface area contributed by atoms with Gasteiger partial charge >= 0.3 is 144 Å². The van der Waals surface area contributed by atoms with Gasteiger partial charge in [0, 0.05) is 0 Å². The summed E-state index contributed by atoms with van der Waals surface area (Å²) in [6, 6.07) is 19.6. The summed E-state index contributed by atoms with van der Waals surface area (Å²) in [6.45, 7) is 0. The Labute approximate surface area is 143 Å². The van der Waals surface area contributed by atoms with E-state index in [0.717, 1.165) is 10.0 Å². The molecule has 0 amide bonds. The van der Waals surface area contributed by atoms with Crippen molar-refractivity contribution < 1.29 is 4.42 Å². The van der Waals surface area contributed by atoms with Gasteiger partial charge < -0.3 is 0 Å². The second-order valence-corrected chi connectivity index (χ2v) is 8.07. The molecule has 0 atom stereocenters. The summed E-state index contributed by atoms with van der Waals surface area (Å²) in [5.41, 5.74) is 1.70. The topological polar surface area (TPSA) is 30.2 Å². The first-order valence-corrected chi connectivity index (χ1v) is 9.80. The summed E-state index contributed by atoms with van der Waals surface area (Å²) in [5, 5.41) is 4.68. The fourth-order valence-electron chi connectivity index (χ4n) is 2.41. The van der Waals surface area contributed by atoms with E-state index in [1.54, 1.807) is 11.3 Å². The molecule has 0 aliphatic heterocycles. The van der Waals surface area contributed by atoms with Crippen LogP contribution in [0.25, 0.3) is 22.3 Å². The Balaban J connectivity index is 1.98. The predicted molar refractivity (Wildman–Crippen MR) is 97.3 cm³/mol. The predicted octanol–water partition coefficient (Wildman–Crippen LogP) is 3.18. The van der Waals surface area contributed by atoms with Crippen LogP contribution in [-0.4, -0.2) is 15.0 Å². The maximum atomic E-state index is 13.0. The standard InChI is InChI=1S/C19H12O2SSe/c20-17-15-8-4-5-9-16(15)21-18(13-10-11-22-12-13)19(17)23-14-6-2-1-3-7-14/h1-12H. The van der Waals surface area contributed by atoms with E-state index >= 15 is 0 Å². The molecule has 0 bridgehead atoms. The molecule has 0 radical (unpaired) electrons. The number of thiophene rings is 1. The van der Waals surface area contributed by atoms with Crippen LogP contribution in [0.1, 0.15) is 0 Å². The van der Waals surface area contributed by atoms with E-state index in [9.17, 15) is 4.79 Å². The Morgan fingerprint density at radius 3 is 2.48 bits per heavy atom. The summed E-state index contributed by atoms with van der Waals surface area (Å²) in [7, 11) is 0. The Hall–Kier alpha value is -2.13. The molecule has 0 N–H and O–H groups in total.